The Bertz CT molecular complexity index is 856. The van der Waals surface area contributed by atoms with E-state index >= 15 is 0 Å². The predicted molar refractivity (Wildman–Crippen MR) is 80.6 cm³/mol. The van der Waals surface area contributed by atoms with Crippen LogP contribution in [0.3, 0.4) is 0 Å². The van der Waals surface area contributed by atoms with Gasteiger partial charge in [-0.25, -0.2) is 9.67 Å². The summed E-state index contributed by atoms with van der Waals surface area (Å²) in [7, 11) is 1.74. The van der Waals surface area contributed by atoms with Crippen molar-refractivity contribution >= 4 is 23.8 Å². The molecule has 8 heteroatoms. The van der Waals surface area contributed by atoms with Crippen molar-refractivity contribution in [2.75, 3.05) is 0 Å². The molecule has 0 aliphatic rings. The van der Waals surface area contributed by atoms with Gasteiger partial charge in [0.1, 0.15) is 0 Å². The van der Waals surface area contributed by atoms with Crippen LogP contribution in [-0.4, -0.2) is 19.3 Å². The molecule has 3 aromatic rings. The summed E-state index contributed by atoms with van der Waals surface area (Å²) in [6.07, 6.45) is 4.09. The maximum Gasteiger partial charge on any atom is 0.210 e. The summed E-state index contributed by atoms with van der Waals surface area (Å²) in [4.78, 5) is 4.18. The molecule has 0 N–H and O–H groups in total. The van der Waals surface area contributed by atoms with Crippen LogP contribution >= 0.6 is 23.8 Å². The highest BCUT2D eigenvalue weighted by atomic mass is 35.5. The Labute approximate surface area is 130 Å². The SMILES string of the molecule is Cn1nc(-c2c[n+]([O-])ccn2)n(-c2ccc(Cl)cc2)c1=S. The fourth-order valence-electron chi connectivity index (χ4n) is 1.95. The molecule has 0 bridgehead atoms. The van der Waals surface area contributed by atoms with E-state index in [9.17, 15) is 5.21 Å². The first-order valence-electron chi connectivity index (χ1n) is 6.03. The summed E-state index contributed by atoms with van der Waals surface area (Å²) < 4.78 is 4.47. The zero-order chi connectivity index (χ0) is 15.0. The molecular weight excluding hydrogens is 310 g/mol. The molecule has 2 heterocycles. The first kappa shape index (κ1) is 13.7. The molecule has 0 atom stereocenters. The Morgan fingerprint density at radius 3 is 2.67 bits per heavy atom. The first-order chi connectivity index (χ1) is 10.1. The van der Waals surface area contributed by atoms with Gasteiger partial charge in [-0.15, -0.1) is 5.10 Å². The van der Waals surface area contributed by atoms with Crippen LogP contribution in [0.25, 0.3) is 17.2 Å². The molecule has 3 rings (SSSR count). The lowest BCUT2D eigenvalue weighted by Gasteiger charge is -2.06. The van der Waals surface area contributed by atoms with Crippen molar-refractivity contribution in [2.24, 2.45) is 7.05 Å². The molecule has 106 valence electrons. The number of hydrogen-bond donors (Lipinski definition) is 0. The normalized spacial score (nSPS) is 10.8. The molecule has 0 saturated carbocycles. The Kier molecular flexibility index (Phi) is 3.44. The standard InChI is InChI=1S/C13H10ClN5OS/c1-17-13(21)19(10-4-2-9(14)3-5-10)12(16-17)11-8-18(20)7-6-15-11/h2-8H,1H3. The van der Waals surface area contributed by atoms with Crippen molar-refractivity contribution in [2.45, 2.75) is 0 Å². The molecule has 1 aromatic carbocycles. The second kappa shape index (κ2) is 5.27. The molecule has 0 amide bonds. The van der Waals surface area contributed by atoms with Gasteiger partial charge in [0.15, 0.2) is 17.7 Å². The highest BCUT2D eigenvalue weighted by molar-refractivity contribution is 7.71. The number of aryl methyl sites for hydroxylation is 1. The van der Waals surface area contributed by atoms with E-state index in [2.05, 4.69) is 10.1 Å². The lowest BCUT2D eigenvalue weighted by atomic mass is 10.3. The van der Waals surface area contributed by atoms with E-state index in [0.29, 0.717) is 26.0 Å². The van der Waals surface area contributed by atoms with Gasteiger partial charge in [0.25, 0.3) is 0 Å². The van der Waals surface area contributed by atoms with E-state index in [4.69, 9.17) is 23.8 Å². The van der Waals surface area contributed by atoms with Crippen LogP contribution in [0, 0.1) is 9.98 Å². The second-order valence-corrected chi connectivity index (χ2v) is 5.14. The Morgan fingerprint density at radius 1 is 1.29 bits per heavy atom. The summed E-state index contributed by atoms with van der Waals surface area (Å²) >= 11 is 11.3. The minimum atomic E-state index is 0.439. The van der Waals surface area contributed by atoms with Crippen molar-refractivity contribution < 1.29 is 4.73 Å². The molecule has 0 fully saturated rings. The van der Waals surface area contributed by atoms with Crippen molar-refractivity contribution in [1.82, 2.24) is 19.3 Å². The highest BCUT2D eigenvalue weighted by Gasteiger charge is 2.16. The topological polar surface area (TPSA) is 62.6 Å². The minimum absolute atomic E-state index is 0.439. The lowest BCUT2D eigenvalue weighted by Crippen LogP contribution is -2.25. The third-order valence-corrected chi connectivity index (χ3v) is 3.61. The van der Waals surface area contributed by atoms with E-state index < -0.39 is 0 Å². The van der Waals surface area contributed by atoms with Crippen LogP contribution in [0.5, 0.6) is 0 Å². The molecule has 0 unspecified atom stereocenters. The third kappa shape index (κ3) is 2.53. The molecule has 0 saturated heterocycles. The molecular formula is C13H10ClN5OS. The first-order valence-corrected chi connectivity index (χ1v) is 6.82. The Balaban J connectivity index is 2.25. The maximum absolute atomic E-state index is 11.4. The third-order valence-electron chi connectivity index (χ3n) is 2.92. The van der Waals surface area contributed by atoms with Crippen molar-refractivity contribution in [3.63, 3.8) is 0 Å². The molecule has 21 heavy (non-hydrogen) atoms. The van der Waals surface area contributed by atoms with Gasteiger partial charge in [-0.2, -0.15) is 4.73 Å². The van der Waals surface area contributed by atoms with Crippen LogP contribution in [0.2, 0.25) is 5.02 Å². The van der Waals surface area contributed by atoms with E-state index in [1.165, 1.54) is 18.6 Å². The van der Waals surface area contributed by atoms with Gasteiger partial charge >= 0.3 is 0 Å². The van der Waals surface area contributed by atoms with Crippen molar-refractivity contribution in [3.05, 3.63) is 57.9 Å². The van der Waals surface area contributed by atoms with Gasteiger partial charge in [-0.05, 0) is 36.5 Å². The monoisotopic (exact) mass is 319 g/mol. The Hall–Kier alpha value is -2.25. The summed E-state index contributed by atoms with van der Waals surface area (Å²) in [6, 6.07) is 7.19. The number of aromatic nitrogens is 5. The molecule has 2 aromatic heterocycles. The number of nitrogens with zero attached hydrogens (tertiary/aromatic N) is 5. The van der Waals surface area contributed by atoms with Gasteiger partial charge in [0.05, 0.1) is 11.9 Å². The number of rotatable bonds is 2. The largest absolute Gasteiger partial charge is 0.619 e. The summed E-state index contributed by atoms with van der Waals surface area (Å²) in [5, 5.41) is 16.4. The zero-order valence-electron chi connectivity index (χ0n) is 11.0. The molecule has 6 nitrogen and oxygen atoms in total. The van der Waals surface area contributed by atoms with Crippen LogP contribution in [0.15, 0.2) is 42.9 Å². The van der Waals surface area contributed by atoms with E-state index in [1.54, 1.807) is 28.4 Å². The highest BCUT2D eigenvalue weighted by Crippen LogP contribution is 2.21. The van der Waals surface area contributed by atoms with Gasteiger partial charge in [0.2, 0.25) is 11.0 Å². The van der Waals surface area contributed by atoms with E-state index in [0.717, 1.165) is 5.69 Å². The van der Waals surface area contributed by atoms with Gasteiger partial charge < -0.3 is 5.21 Å². The number of halogens is 1. The van der Waals surface area contributed by atoms with E-state index in [-0.39, 0.29) is 0 Å². The molecule has 0 spiro atoms. The second-order valence-electron chi connectivity index (χ2n) is 4.34. The molecule has 0 radical (unpaired) electrons. The molecule has 0 aliphatic heterocycles. The number of benzene rings is 1. The predicted octanol–water partition coefficient (Wildman–Crippen LogP) is 2.29. The zero-order valence-corrected chi connectivity index (χ0v) is 12.5. The van der Waals surface area contributed by atoms with Crippen LogP contribution in [0.1, 0.15) is 0 Å². The van der Waals surface area contributed by atoms with Crippen LogP contribution in [-0.2, 0) is 7.05 Å². The van der Waals surface area contributed by atoms with E-state index in [1.807, 2.05) is 12.1 Å². The smallest absolute Gasteiger partial charge is 0.210 e. The van der Waals surface area contributed by atoms with Crippen molar-refractivity contribution in [1.29, 1.82) is 0 Å². The minimum Gasteiger partial charge on any atom is -0.619 e. The number of hydrogen-bond acceptors (Lipinski definition) is 4. The Morgan fingerprint density at radius 2 is 2.00 bits per heavy atom. The summed E-state index contributed by atoms with van der Waals surface area (Å²) in [5.41, 5.74) is 1.24. The van der Waals surface area contributed by atoms with Crippen molar-refractivity contribution in [3.8, 4) is 17.2 Å². The van der Waals surface area contributed by atoms with Gasteiger partial charge in [-0.3, -0.25) is 4.57 Å². The fraction of sp³-hybridized carbons (Fsp3) is 0.0769. The summed E-state index contributed by atoms with van der Waals surface area (Å²) in [5.74, 6) is 0.495. The fourth-order valence-corrected chi connectivity index (χ4v) is 2.30. The average molecular weight is 320 g/mol. The average Bonchev–Trinajstić information content (AvgIpc) is 2.76. The lowest BCUT2D eigenvalue weighted by molar-refractivity contribution is -0.605. The van der Waals surface area contributed by atoms with Gasteiger partial charge in [-0.1, -0.05) is 11.6 Å². The summed E-state index contributed by atoms with van der Waals surface area (Å²) in [6.45, 7) is 0. The quantitative estimate of drug-likeness (QED) is 0.413. The molecule has 0 aliphatic carbocycles. The van der Waals surface area contributed by atoms with Gasteiger partial charge in [0, 0.05) is 12.1 Å². The van der Waals surface area contributed by atoms with Crippen LogP contribution in [0.4, 0.5) is 0 Å². The maximum atomic E-state index is 11.4. The van der Waals surface area contributed by atoms with Crippen LogP contribution < -0.4 is 4.73 Å².